The van der Waals surface area contributed by atoms with E-state index in [-0.39, 0.29) is 0 Å². The van der Waals surface area contributed by atoms with Crippen molar-refractivity contribution in [2.24, 2.45) is 0 Å². The highest BCUT2D eigenvalue weighted by Crippen LogP contribution is 2.28. The summed E-state index contributed by atoms with van der Waals surface area (Å²) in [6.45, 7) is 1.28. The summed E-state index contributed by atoms with van der Waals surface area (Å²) in [7, 11) is -1.45. The first-order valence-corrected chi connectivity index (χ1v) is 8.78. The summed E-state index contributed by atoms with van der Waals surface area (Å²) >= 11 is 0. The maximum atomic E-state index is 9.53. The summed E-state index contributed by atoms with van der Waals surface area (Å²) in [5.41, 5.74) is 2.70. The molecule has 4 aromatic carbocycles. The van der Waals surface area contributed by atoms with Gasteiger partial charge in [-0.05, 0) is 44.2 Å². The SMILES string of the molecule is OB(O)c1ccccc1CNCc1c2ccccc2cc2ccccc12. The highest BCUT2D eigenvalue weighted by molar-refractivity contribution is 6.59. The van der Waals surface area contributed by atoms with Crippen molar-refractivity contribution in [3.63, 3.8) is 0 Å². The van der Waals surface area contributed by atoms with Crippen LogP contribution in [0.5, 0.6) is 0 Å². The van der Waals surface area contributed by atoms with E-state index in [2.05, 4.69) is 59.9 Å². The Labute approximate surface area is 153 Å². The number of hydrogen-bond donors (Lipinski definition) is 3. The van der Waals surface area contributed by atoms with Gasteiger partial charge in [0, 0.05) is 13.1 Å². The summed E-state index contributed by atoms with van der Waals surface area (Å²) in [4.78, 5) is 0. The van der Waals surface area contributed by atoms with E-state index in [9.17, 15) is 10.0 Å². The third-order valence-electron chi connectivity index (χ3n) is 4.83. The topological polar surface area (TPSA) is 52.5 Å². The van der Waals surface area contributed by atoms with Crippen LogP contribution in [0.3, 0.4) is 0 Å². The molecule has 0 unspecified atom stereocenters. The molecule has 0 atom stereocenters. The van der Waals surface area contributed by atoms with E-state index < -0.39 is 7.12 Å². The van der Waals surface area contributed by atoms with Crippen molar-refractivity contribution in [1.82, 2.24) is 5.32 Å². The molecule has 3 N–H and O–H groups in total. The van der Waals surface area contributed by atoms with Crippen LogP contribution < -0.4 is 10.8 Å². The molecule has 0 spiro atoms. The monoisotopic (exact) mass is 341 g/mol. The molecule has 0 bridgehead atoms. The average molecular weight is 341 g/mol. The van der Waals surface area contributed by atoms with E-state index in [1.54, 1.807) is 6.07 Å². The summed E-state index contributed by atoms with van der Waals surface area (Å²) < 4.78 is 0. The third-order valence-corrected chi connectivity index (χ3v) is 4.83. The molecule has 0 saturated heterocycles. The number of benzene rings is 4. The standard InChI is InChI=1S/C22H20BNO2/c25-23(26)22-12-6-3-9-18(22)14-24-15-21-19-10-4-1-7-16(19)13-17-8-2-5-11-20(17)21/h1-13,24-26H,14-15H2. The lowest BCUT2D eigenvalue weighted by Gasteiger charge is -2.14. The van der Waals surface area contributed by atoms with Crippen LogP contribution in [0.1, 0.15) is 11.1 Å². The predicted octanol–water partition coefficient (Wildman–Crippen LogP) is 2.96. The van der Waals surface area contributed by atoms with E-state index in [1.165, 1.54) is 27.1 Å². The largest absolute Gasteiger partial charge is 0.488 e. The minimum atomic E-state index is -1.45. The van der Waals surface area contributed by atoms with Crippen molar-refractivity contribution in [3.8, 4) is 0 Å². The molecule has 0 fully saturated rings. The summed E-state index contributed by atoms with van der Waals surface area (Å²) in [5.74, 6) is 0. The Bertz CT molecular complexity index is 1010. The van der Waals surface area contributed by atoms with Gasteiger partial charge in [-0.1, -0.05) is 72.8 Å². The second-order valence-corrected chi connectivity index (χ2v) is 6.47. The Morgan fingerprint density at radius 1 is 0.692 bits per heavy atom. The van der Waals surface area contributed by atoms with Crippen molar-refractivity contribution in [2.45, 2.75) is 13.1 Å². The van der Waals surface area contributed by atoms with Gasteiger partial charge in [0.25, 0.3) is 0 Å². The Hall–Kier alpha value is -2.66. The van der Waals surface area contributed by atoms with Gasteiger partial charge < -0.3 is 15.4 Å². The van der Waals surface area contributed by atoms with Crippen molar-refractivity contribution in [2.75, 3.05) is 0 Å². The van der Waals surface area contributed by atoms with Crippen molar-refractivity contribution in [1.29, 1.82) is 0 Å². The smallest absolute Gasteiger partial charge is 0.423 e. The van der Waals surface area contributed by atoms with Crippen LogP contribution in [0.2, 0.25) is 0 Å². The van der Waals surface area contributed by atoms with E-state index in [0.717, 1.165) is 5.56 Å². The Morgan fingerprint density at radius 3 is 1.92 bits per heavy atom. The van der Waals surface area contributed by atoms with Crippen LogP contribution in [0.15, 0.2) is 78.9 Å². The molecule has 128 valence electrons. The molecule has 4 aromatic rings. The summed E-state index contributed by atoms with van der Waals surface area (Å²) in [6, 6.07) is 26.5. The zero-order valence-corrected chi connectivity index (χ0v) is 14.4. The van der Waals surface area contributed by atoms with Crippen LogP contribution in [-0.2, 0) is 13.1 Å². The zero-order chi connectivity index (χ0) is 17.9. The lowest BCUT2D eigenvalue weighted by molar-refractivity contribution is 0.425. The van der Waals surface area contributed by atoms with Gasteiger partial charge in [-0.3, -0.25) is 0 Å². The van der Waals surface area contributed by atoms with E-state index >= 15 is 0 Å². The van der Waals surface area contributed by atoms with Crippen LogP contribution in [0.4, 0.5) is 0 Å². The molecule has 0 aromatic heterocycles. The number of hydrogen-bond acceptors (Lipinski definition) is 3. The van der Waals surface area contributed by atoms with Crippen LogP contribution >= 0.6 is 0 Å². The fourth-order valence-corrected chi connectivity index (χ4v) is 3.57. The predicted molar refractivity (Wildman–Crippen MR) is 108 cm³/mol. The summed E-state index contributed by atoms with van der Waals surface area (Å²) in [5, 5.41) is 27.5. The highest BCUT2D eigenvalue weighted by atomic mass is 16.4. The molecule has 0 amide bonds. The second-order valence-electron chi connectivity index (χ2n) is 6.47. The first-order chi connectivity index (χ1) is 12.7. The van der Waals surface area contributed by atoms with Gasteiger partial charge in [0.05, 0.1) is 0 Å². The van der Waals surface area contributed by atoms with Crippen LogP contribution in [0, 0.1) is 0 Å². The van der Waals surface area contributed by atoms with Gasteiger partial charge in [0.1, 0.15) is 0 Å². The third kappa shape index (κ3) is 3.22. The van der Waals surface area contributed by atoms with Gasteiger partial charge >= 0.3 is 7.12 Å². The van der Waals surface area contributed by atoms with Crippen molar-refractivity contribution in [3.05, 3.63) is 90.0 Å². The quantitative estimate of drug-likeness (QED) is 0.386. The first kappa shape index (κ1) is 16.8. The van der Waals surface area contributed by atoms with Gasteiger partial charge in [-0.25, -0.2) is 0 Å². The fourth-order valence-electron chi connectivity index (χ4n) is 3.57. The van der Waals surface area contributed by atoms with E-state index in [1.807, 2.05) is 18.2 Å². The Balaban J connectivity index is 1.67. The average Bonchev–Trinajstić information content (AvgIpc) is 2.67. The summed E-state index contributed by atoms with van der Waals surface area (Å²) in [6.07, 6.45) is 0. The number of rotatable bonds is 5. The molecule has 0 aliphatic heterocycles. The molecular weight excluding hydrogens is 321 g/mol. The highest BCUT2D eigenvalue weighted by Gasteiger charge is 2.15. The Kier molecular flexibility index (Phi) is 4.72. The maximum absolute atomic E-state index is 9.53. The molecule has 4 rings (SSSR count). The van der Waals surface area contributed by atoms with Gasteiger partial charge in [0.2, 0.25) is 0 Å². The van der Waals surface area contributed by atoms with Gasteiger partial charge in [0.15, 0.2) is 0 Å². The first-order valence-electron chi connectivity index (χ1n) is 8.78. The fraction of sp³-hybridized carbons (Fsp3) is 0.0909. The lowest BCUT2D eigenvalue weighted by atomic mass is 9.77. The molecule has 0 radical (unpaired) electrons. The molecule has 4 heteroatoms. The molecule has 0 aliphatic carbocycles. The molecule has 0 saturated carbocycles. The molecule has 0 aliphatic rings. The molecule has 26 heavy (non-hydrogen) atoms. The van der Waals surface area contributed by atoms with E-state index in [4.69, 9.17) is 0 Å². The Morgan fingerprint density at radius 2 is 1.27 bits per heavy atom. The van der Waals surface area contributed by atoms with Gasteiger partial charge in [-0.15, -0.1) is 0 Å². The minimum absolute atomic E-state index is 0.544. The maximum Gasteiger partial charge on any atom is 0.488 e. The number of fused-ring (bicyclic) bond motifs is 2. The van der Waals surface area contributed by atoms with Crippen LogP contribution in [0.25, 0.3) is 21.5 Å². The number of nitrogens with one attached hydrogen (secondary N) is 1. The second kappa shape index (κ2) is 7.30. The molecule has 3 nitrogen and oxygen atoms in total. The lowest BCUT2D eigenvalue weighted by Crippen LogP contribution is -2.34. The van der Waals surface area contributed by atoms with Crippen molar-refractivity contribution >= 4 is 34.1 Å². The van der Waals surface area contributed by atoms with Crippen LogP contribution in [-0.4, -0.2) is 17.2 Å². The zero-order valence-electron chi connectivity index (χ0n) is 14.4. The molecule has 0 heterocycles. The van der Waals surface area contributed by atoms with E-state index in [0.29, 0.717) is 18.6 Å². The molecular formula is C22H20BNO2. The van der Waals surface area contributed by atoms with Gasteiger partial charge in [-0.2, -0.15) is 0 Å². The van der Waals surface area contributed by atoms with Crippen molar-refractivity contribution < 1.29 is 10.0 Å². The normalized spacial score (nSPS) is 11.2. The minimum Gasteiger partial charge on any atom is -0.423 e.